The Morgan fingerprint density at radius 2 is 1.35 bits per heavy atom. The van der Waals surface area contributed by atoms with E-state index in [0.717, 1.165) is 0 Å². The van der Waals surface area contributed by atoms with Crippen LogP contribution in [0.25, 0.3) is 0 Å². The molecule has 0 saturated carbocycles. The van der Waals surface area contributed by atoms with Gasteiger partial charge in [-0.05, 0) is 23.4 Å². The quantitative estimate of drug-likeness (QED) is 0.666. The number of allylic oxidation sites excluding steroid dienone is 4. The molecule has 1 aliphatic carbocycles. The van der Waals surface area contributed by atoms with Gasteiger partial charge in [-0.15, -0.1) is 11.8 Å². The normalized spacial score (nSPS) is 17.6. The highest BCUT2D eigenvalue weighted by atomic mass is 32.2. The second kappa shape index (κ2) is 7.07. The van der Waals surface area contributed by atoms with Crippen LogP contribution >= 0.6 is 19.7 Å². The lowest BCUT2D eigenvalue weighted by molar-refractivity contribution is 0.806. The van der Waals surface area contributed by atoms with Crippen LogP contribution in [0.3, 0.4) is 0 Å². The Kier molecular flexibility index (Phi) is 5.09. The second-order valence-corrected chi connectivity index (χ2v) is 10.9. The Morgan fingerprint density at radius 3 is 1.83 bits per heavy atom. The van der Waals surface area contributed by atoms with Crippen molar-refractivity contribution in [3.05, 3.63) is 83.8 Å². The van der Waals surface area contributed by atoms with E-state index in [1.165, 1.54) is 15.5 Å². The highest BCUT2D eigenvalue weighted by Gasteiger charge is 2.30. The van der Waals surface area contributed by atoms with Crippen LogP contribution in [0.4, 0.5) is 0 Å². The number of hydrogen-bond acceptors (Lipinski definition) is 1. The lowest BCUT2D eigenvalue weighted by atomic mass is 10.3. The summed E-state index contributed by atoms with van der Waals surface area (Å²) in [7, 11) is -0.420. The first-order chi connectivity index (χ1) is 11.0. The fourth-order valence-electron chi connectivity index (χ4n) is 2.76. The smallest absolute Gasteiger partial charge is 0.0365 e. The van der Waals surface area contributed by atoms with Crippen LogP contribution in [0.1, 0.15) is 20.8 Å². The Balaban J connectivity index is 1.99. The van der Waals surface area contributed by atoms with Crippen LogP contribution in [-0.2, 0) is 0 Å². The third-order valence-corrected chi connectivity index (χ3v) is 7.74. The van der Waals surface area contributed by atoms with Gasteiger partial charge in [0.25, 0.3) is 0 Å². The predicted molar refractivity (Wildman–Crippen MR) is 107 cm³/mol. The molecule has 0 fully saturated rings. The van der Waals surface area contributed by atoms with E-state index >= 15 is 0 Å². The zero-order valence-electron chi connectivity index (χ0n) is 13.9. The van der Waals surface area contributed by atoms with Crippen molar-refractivity contribution in [1.82, 2.24) is 0 Å². The number of hydrogen-bond donors (Lipinski definition) is 0. The fourth-order valence-corrected chi connectivity index (χ4v) is 6.82. The molecule has 1 aliphatic rings. The van der Waals surface area contributed by atoms with E-state index in [0.29, 0.717) is 5.66 Å². The Labute approximate surface area is 145 Å². The van der Waals surface area contributed by atoms with E-state index in [4.69, 9.17) is 0 Å². The van der Waals surface area contributed by atoms with Crippen LogP contribution in [0.15, 0.2) is 83.8 Å². The topological polar surface area (TPSA) is 0 Å². The maximum absolute atomic E-state index is 2.39. The summed E-state index contributed by atoms with van der Waals surface area (Å²) < 4.78 is 0.241. The summed E-state index contributed by atoms with van der Waals surface area (Å²) in [4.78, 5) is 1.50. The van der Waals surface area contributed by atoms with Crippen molar-refractivity contribution < 1.29 is 0 Å². The molecule has 1 unspecified atom stereocenters. The van der Waals surface area contributed by atoms with Crippen LogP contribution in [0.5, 0.6) is 0 Å². The molecule has 3 rings (SSSR count). The van der Waals surface area contributed by atoms with E-state index in [1.54, 1.807) is 0 Å². The fraction of sp³-hybridized carbons (Fsp3) is 0.238. The van der Waals surface area contributed by atoms with Crippen LogP contribution in [0, 0.1) is 0 Å². The predicted octanol–water partition coefficient (Wildman–Crippen LogP) is 5.47. The molecule has 0 saturated heterocycles. The molecule has 0 radical (unpaired) electrons. The van der Waals surface area contributed by atoms with Gasteiger partial charge >= 0.3 is 0 Å². The van der Waals surface area contributed by atoms with E-state index in [1.807, 2.05) is 11.8 Å². The summed E-state index contributed by atoms with van der Waals surface area (Å²) in [5.41, 5.74) is 0.485. The van der Waals surface area contributed by atoms with Gasteiger partial charge in [-0.1, -0.05) is 99.7 Å². The zero-order valence-corrected chi connectivity index (χ0v) is 15.6. The van der Waals surface area contributed by atoms with E-state index in [2.05, 4.69) is 99.7 Å². The van der Waals surface area contributed by atoms with E-state index in [9.17, 15) is 0 Å². The summed E-state index contributed by atoms with van der Waals surface area (Å²) in [6.45, 7) is 6.88. The molecule has 1 atom stereocenters. The minimum atomic E-state index is -0.420. The van der Waals surface area contributed by atoms with Gasteiger partial charge < -0.3 is 0 Å². The van der Waals surface area contributed by atoms with Gasteiger partial charge in [0.05, 0.1) is 0 Å². The lowest BCUT2D eigenvalue weighted by Crippen LogP contribution is -2.21. The molecule has 0 amide bonds. The first kappa shape index (κ1) is 16.6. The number of thioether (sulfide) groups is 1. The molecule has 0 bridgehead atoms. The molecule has 0 nitrogen and oxygen atoms in total. The van der Waals surface area contributed by atoms with Gasteiger partial charge in [-0.2, -0.15) is 0 Å². The molecule has 0 heterocycles. The largest absolute Gasteiger partial charge is 0.124 e. The first-order valence-corrected chi connectivity index (χ1v) is 10.2. The molecule has 0 aromatic heterocycles. The van der Waals surface area contributed by atoms with Gasteiger partial charge in [0.2, 0.25) is 0 Å². The van der Waals surface area contributed by atoms with Crippen molar-refractivity contribution in [3.8, 4) is 0 Å². The zero-order chi connectivity index (χ0) is 16.3. The summed E-state index contributed by atoms with van der Waals surface area (Å²) in [5, 5.41) is 2.90. The SMILES string of the molecule is CC(C)(C)SC1=CC=CC1P(c1ccccc1)c1ccccc1. The summed E-state index contributed by atoms with van der Waals surface area (Å²) >= 11 is 2.00. The second-order valence-electron chi connectivity index (χ2n) is 6.65. The molecule has 0 spiro atoms. The highest BCUT2D eigenvalue weighted by Crippen LogP contribution is 2.50. The third-order valence-electron chi connectivity index (χ3n) is 3.62. The summed E-state index contributed by atoms with van der Waals surface area (Å²) in [6, 6.07) is 22.0. The van der Waals surface area contributed by atoms with Crippen molar-refractivity contribution in [3.63, 3.8) is 0 Å². The van der Waals surface area contributed by atoms with Gasteiger partial charge in [0.1, 0.15) is 0 Å². The van der Waals surface area contributed by atoms with Crippen LogP contribution < -0.4 is 10.6 Å². The van der Waals surface area contributed by atoms with Crippen molar-refractivity contribution in [2.45, 2.75) is 31.2 Å². The minimum Gasteiger partial charge on any atom is -0.124 e. The minimum absolute atomic E-state index is 0.241. The molecular weight excluding hydrogens is 315 g/mol. The van der Waals surface area contributed by atoms with Crippen LogP contribution in [-0.4, -0.2) is 10.4 Å². The molecule has 2 aromatic rings. The monoisotopic (exact) mass is 338 g/mol. The molecule has 0 N–H and O–H groups in total. The van der Waals surface area contributed by atoms with Crippen molar-refractivity contribution >= 4 is 30.3 Å². The molecule has 118 valence electrons. The van der Waals surface area contributed by atoms with Crippen molar-refractivity contribution in [2.24, 2.45) is 0 Å². The summed E-state index contributed by atoms with van der Waals surface area (Å²) in [6.07, 6.45) is 6.93. The Morgan fingerprint density at radius 1 is 0.826 bits per heavy atom. The standard InChI is InChI=1S/C21H23PS/c1-21(2,3)23-20-16-10-15-19(20)22(17-11-6-4-7-12-17)18-13-8-5-9-14-18/h4-16,19H,1-3H3. The highest BCUT2D eigenvalue weighted by molar-refractivity contribution is 8.05. The molecular formula is C21H23PS. The lowest BCUT2D eigenvalue weighted by Gasteiger charge is -2.29. The maximum atomic E-state index is 2.39. The third kappa shape index (κ3) is 4.16. The summed E-state index contributed by atoms with van der Waals surface area (Å²) in [5.74, 6) is 0. The average molecular weight is 338 g/mol. The van der Waals surface area contributed by atoms with Crippen LogP contribution in [0.2, 0.25) is 0 Å². The average Bonchev–Trinajstić information content (AvgIpc) is 2.96. The Bertz CT molecular complexity index is 656. The molecule has 2 aromatic carbocycles. The maximum Gasteiger partial charge on any atom is 0.0365 e. The van der Waals surface area contributed by atoms with Gasteiger partial charge in [-0.25, -0.2) is 0 Å². The molecule has 2 heteroatoms. The first-order valence-electron chi connectivity index (χ1n) is 8.01. The molecule has 23 heavy (non-hydrogen) atoms. The number of benzene rings is 2. The number of rotatable bonds is 4. The Hall–Kier alpha value is -1.30. The van der Waals surface area contributed by atoms with Crippen molar-refractivity contribution in [2.75, 3.05) is 0 Å². The van der Waals surface area contributed by atoms with Gasteiger partial charge in [-0.3, -0.25) is 0 Å². The molecule has 0 aliphatic heterocycles. The van der Waals surface area contributed by atoms with E-state index in [-0.39, 0.29) is 4.75 Å². The van der Waals surface area contributed by atoms with Gasteiger partial charge in [0.15, 0.2) is 0 Å². The van der Waals surface area contributed by atoms with Gasteiger partial charge in [0, 0.05) is 10.4 Å². The van der Waals surface area contributed by atoms with E-state index < -0.39 is 7.92 Å². The van der Waals surface area contributed by atoms with Crippen molar-refractivity contribution in [1.29, 1.82) is 0 Å².